The Morgan fingerprint density at radius 3 is 2.56 bits per heavy atom. The van der Waals surface area contributed by atoms with Crippen LogP contribution < -0.4 is 0 Å². The average molecular weight is 237 g/mol. The van der Waals surface area contributed by atoms with Gasteiger partial charge in [-0.05, 0) is 25.0 Å². The molecule has 0 spiro atoms. The van der Waals surface area contributed by atoms with Gasteiger partial charge in [-0.15, -0.1) is 0 Å². The first-order chi connectivity index (χ1) is 7.62. The van der Waals surface area contributed by atoms with Gasteiger partial charge in [0.2, 0.25) is 0 Å². The number of Topliss-reactive ketones (excluding diaryl/α,β-unsaturated/α-hetero) is 1. The van der Waals surface area contributed by atoms with Crippen LogP contribution in [0.25, 0.3) is 0 Å². The Hall–Kier alpha value is -0.820. The molecule has 0 bridgehead atoms. The van der Waals surface area contributed by atoms with E-state index in [2.05, 4.69) is 6.92 Å². The summed E-state index contributed by atoms with van der Waals surface area (Å²) in [5, 5.41) is 0.644. The molecule has 0 radical (unpaired) electrons. The highest BCUT2D eigenvalue weighted by molar-refractivity contribution is 6.31. The van der Waals surface area contributed by atoms with E-state index in [4.69, 9.17) is 11.6 Å². The highest BCUT2D eigenvalue weighted by atomic mass is 35.5. The maximum atomic E-state index is 12.4. The van der Waals surface area contributed by atoms with E-state index in [1.165, 1.54) is 19.3 Å². The molecule has 0 N–H and O–H groups in total. The summed E-state index contributed by atoms with van der Waals surface area (Å²) in [6, 6.07) is 7.31. The van der Waals surface area contributed by atoms with Gasteiger partial charge in [-0.3, -0.25) is 4.79 Å². The highest BCUT2D eigenvalue weighted by Gasteiger charge is 2.34. The average Bonchev–Trinajstić information content (AvgIpc) is 2.29. The maximum absolute atomic E-state index is 12.4. The van der Waals surface area contributed by atoms with Gasteiger partial charge in [-0.2, -0.15) is 0 Å². The summed E-state index contributed by atoms with van der Waals surface area (Å²) in [6.07, 6.45) is 5.63. The van der Waals surface area contributed by atoms with Crippen LogP contribution in [-0.4, -0.2) is 5.78 Å². The van der Waals surface area contributed by atoms with Crippen molar-refractivity contribution in [2.24, 2.45) is 5.41 Å². The maximum Gasteiger partial charge on any atom is 0.168 e. The molecule has 0 amide bonds. The lowest BCUT2D eigenvalue weighted by molar-refractivity contribution is 0.0749. The minimum Gasteiger partial charge on any atom is -0.294 e. The predicted octanol–water partition coefficient (Wildman–Crippen LogP) is 4.49. The minimum absolute atomic E-state index is 0.164. The van der Waals surface area contributed by atoms with E-state index in [9.17, 15) is 4.79 Å². The number of hydrogen-bond acceptors (Lipinski definition) is 1. The van der Waals surface area contributed by atoms with Crippen LogP contribution in [0.3, 0.4) is 0 Å². The normalized spacial score (nSPS) is 19.4. The van der Waals surface area contributed by atoms with Gasteiger partial charge in [-0.1, -0.05) is 49.9 Å². The summed E-state index contributed by atoms with van der Waals surface area (Å²) < 4.78 is 0. The molecule has 1 aliphatic rings. The first-order valence-corrected chi connectivity index (χ1v) is 6.30. The molecule has 0 aliphatic heterocycles. The van der Waals surface area contributed by atoms with Crippen LogP contribution in [0.2, 0.25) is 5.02 Å². The molecule has 1 aromatic carbocycles. The van der Waals surface area contributed by atoms with Crippen molar-refractivity contribution >= 4 is 17.4 Å². The molecule has 1 fully saturated rings. The van der Waals surface area contributed by atoms with E-state index in [1.54, 1.807) is 6.07 Å². The number of hydrogen-bond donors (Lipinski definition) is 0. The van der Waals surface area contributed by atoms with Gasteiger partial charge in [0.15, 0.2) is 5.78 Å². The second kappa shape index (κ2) is 4.58. The van der Waals surface area contributed by atoms with Crippen molar-refractivity contribution in [1.29, 1.82) is 0 Å². The Morgan fingerprint density at radius 1 is 1.25 bits per heavy atom. The van der Waals surface area contributed by atoms with E-state index in [-0.39, 0.29) is 11.2 Å². The van der Waals surface area contributed by atoms with E-state index in [0.29, 0.717) is 5.02 Å². The fourth-order valence-electron chi connectivity index (χ4n) is 2.54. The predicted molar refractivity (Wildman–Crippen MR) is 67.0 cm³/mol. The number of rotatable bonds is 2. The van der Waals surface area contributed by atoms with Crippen LogP contribution in [0, 0.1) is 5.41 Å². The van der Waals surface area contributed by atoms with Gasteiger partial charge in [0.1, 0.15) is 0 Å². The minimum atomic E-state index is -0.164. The van der Waals surface area contributed by atoms with E-state index >= 15 is 0 Å². The Bertz CT molecular complexity index is 391. The van der Waals surface area contributed by atoms with E-state index in [1.807, 2.05) is 18.2 Å². The quantitative estimate of drug-likeness (QED) is 0.692. The van der Waals surface area contributed by atoms with Crippen molar-refractivity contribution in [2.75, 3.05) is 0 Å². The standard InChI is InChI=1S/C14H17ClO/c1-14(8-3-2-4-9-14)13(16)11-6-5-7-12(15)10-11/h5-7,10H,2-4,8-9H2,1H3. The third kappa shape index (κ3) is 2.30. The zero-order valence-electron chi connectivity index (χ0n) is 9.63. The first-order valence-electron chi connectivity index (χ1n) is 5.92. The summed E-state index contributed by atoms with van der Waals surface area (Å²) in [7, 11) is 0. The summed E-state index contributed by atoms with van der Waals surface area (Å²) in [5.41, 5.74) is 0.597. The number of carbonyl (C=O) groups excluding carboxylic acids is 1. The molecule has 0 saturated heterocycles. The molecule has 1 aliphatic carbocycles. The summed E-state index contributed by atoms with van der Waals surface area (Å²) in [4.78, 5) is 12.4. The first kappa shape index (κ1) is 11.7. The Labute approximate surface area is 102 Å². The third-order valence-corrected chi connectivity index (χ3v) is 3.83. The zero-order chi connectivity index (χ0) is 11.6. The lowest BCUT2D eigenvalue weighted by Crippen LogP contribution is -2.30. The topological polar surface area (TPSA) is 17.1 Å². The summed E-state index contributed by atoms with van der Waals surface area (Å²) in [5.74, 6) is 0.259. The number of ketones is 1. The molecule has 86 valence electrons. The lowest BCUT2D eigenvalue weighted by Gasteiger charge is -2.32. The van der Waals surface area contributed by atoms with Crippen LogP contribution in [0.15, 0.2) is 24.3 Å². The molecule has 2 rings (SSSR count). The molecule has 16 heavy (non-hydrogen) atoms. The van der Waals surface area contributed by atoms with Crippen molar-refractivity contribution in [3.63, 3.8) is 0 Å². The number of carbonyl (C=O) groups is 1. The Morgan fingerprint density at radius 2 is 1.94 bits per heavy atom. The van der Waals surface area contributed by atoms with Crippen molar-refractivity contribution in [2.45, 2.75) is 39.0 Å². The van der Waals surface area contributed by atoms with Gasteiger partial charge >= 0.3 is 0 Å². The number of benzene rings is 1. The smallest absolute Gasteiger partial charge is 0.168 e. The van der Waals surface area contributed by atoms with Crippen LogP contribution in [-0.2, 0) is 0 Å². The largest absolute Gasteiger partial charge is 0.294 e. The molecular weight excluding hydrogens is 220 g/mol. The van der Waals surface area contributed by atoms with Crippen molar-refractivity contribution < 1.29 is 4.79 Å². The van der Waals surface area contributed by atoms with Crippen molar-refractivity contribution in [3.8, 4) is 0 Å². The molecule has 0 unspecified atom stereocenters. The fraction of sp³-hybridized carbons (Fsp3) is 0.500. The molecular formula is C14H17ClO. The molecule has 0 aromatic heterocycles. The second-order valence-corrected chi connectivity index (χ2v) is 5.40. The molecule has 1 aromatic rings. The molecule has 0 heterocycles. The van der Waals surface area contributed by atoms with Crippen LogP contribution >= 0.6 is 11.6 Å². The molecule has 0 atom stereocenters. The van der Waals surface area contributed by atoms with Gasteiger partial charge in [0.05, 0.1) is 0 Å². The second-order valence-electron chi connectivity index (χ2n) is 4.96. The van der Waals surface area contributed by atoms with Crippen molar-refractivity contribution in [3.05, 3.63) is 34.9 Å². The number of halogens is 1. The molecule has 1 saturated carbocycles. The monoisotopic (exact) mass is 236 g/mol. The van der Waals surface area contributed by atoms with Crippen LogP contribution in [0.5, 0.6) is 0 Å². The Balaban J connectivity index is 2.24. The van der Waals surface area contributed by atoms with Gasteiger partial charge < -0.3 is 0 Å². The molecule has 2 heteroatoms. The van der Waals surface area contributed by atoms with Crippen LogP contribution in [0.4, 0.5) is 0 Å². The van der Waals surface area contributed by atoms with Gasteiger partial charge in [-0.25, -0.2) is 0 Å². The molecule has 1 nitrogen and oxygen atoms in total. The SMILES string of the molecule is CC1(C(=O)c2cccc(Cl)c2)CCCCC1. The lowest BCUT2D eigenvalue weighted by atomic mass is 9.71. The van der Waals surface area contributed by atoms with Crippen molar-refractivity contribution in [1.82, 2.24) is 0 Å². The van der Waals surface area contributed by atoms with E-state index < -0.39 is 0 Å². The van der Waals surface area contributed by atoms with E-state index in [0.717, 1.165) is 18.4 Å². The van der Waals surface area contributed by atoms with Crippen LogP contribution in [0.1, 0.15) is 49.4 Å². The Kier molecular flexibility index (Phi) is 3.34. The zero-order valence-corrected chi connectivity index (χ0v) is 10.4. The van der Waals surface area contributed by atoms with Gasteiger partial charge in [0, 0.05) is 16.0 Å². The van der Waals surface area contributed by atoms with Gasteiger partial charge in [0.25, 0.3) is 0 Å². The highest BCUT2D eigenvalue weighted by Crippen LogP contribution is 2.38. The third-order valence-electron chi connectivity index (χ3n) is 3.59. The summed E-state index contributed by atoms with van der Waals surface area (Å²) in [6.45, 7) is 2.09. The fourth-order valence-corrected chi connectivity index (χ4v) is 2.73. The summed E-state index contributed by atoms with van der Waals surface area (Å²) >= 11 is 5.92.